The van der Waals surface area contributed by atoms with Gasteiger partial charge in [0.25, 0.3) is 0 Å². The molecule has 0 aliphatic carbocycles. The summed E-state index contributed by atoms with van der Waals surface area (Å²) in [4.78, 5) is 5.88. The fourth-order valence-corrected chi connectivity index (χ4v) is 3.02. The number of rotatable bonds is 5. The van der Waals surface area contributed by atoms with Crippen LogP contribution in [0.4, 0.5) is 0 Å². The predicted octanol–water partition coefficient (Wildman–Crippen LogP) is 2.78. The number of thiazole rings is 1. The maximum atomic E-state index is 5.51. The molecule has 1 unspecified atom stereocenters. The van der Waals surface area contributed by atoms with E-state index in [9.17, 15) is 0 Å². The first kappa shape index (κ1) is 13.0. The monoisotopic (exact) mass is 254 g/mol. The molecule has 0 aromatic carbocycles. The van der Waals surface area contributed by atoms with E-state index in [-0.39, 0.29) is 0 Å². The van der Waals surface area contributed by atoms with Crippen LogP contribution < -0.4 is 5.32 Å². The van der Waals surface area contributed by atoms with E-state index in [2.05, 4.69) is 24.1 Å². The minimum atomic E-state index is 0.535. The van der Waals surface area contributed by atoms with Crippen molar-refractivity contribution in [3.8, 4) is 0 Å². The maximum Gasteiger partial charge on any atom is 0.0982 e. The van der Waals surface area contributed by atoms with Gasteiger partial charge in [-0.25, -0.2) is 4.98 Å². The van der Waals surface area contributed by atoms with Crippen molar-refractivity contribution in [2.75, 3.05) is 19.8 Å². The van der Waals surface area contributed by atoms with E-state index in [0.29, 0.717) is 11.8 Å². The van der Waals surface area contributed by atoms with Gasteiger partial charge in [-0.1, -0.05) is 13.8 Å². The smallest absolute Gasteiger partial charge is 0.0982 e. The first-order valence-electron chi connectivity index (χ1n) is 6.48. The van der Waals surface area contributed by atoms with E-state index in [1.54, 1.807) is 0 Å². The number of nitrogens with zero attached hydrogens (tertiary/aromatic N) is 1. The quantitative estimate of drug-likeness (QED) is 0.877. The first-order chi connectivity index (χ1) is 8.25. The summed E-state index contributed by atoms with van der Waals surface area (Å²) in [5.41, 5.74) is 0. The molecule has 0 spiro atoms. The SMILES string of the molecule is CC(C)CNCc1cnc(C2CCCOC2)s1. The first-order valence-corrected chi connectivity index (χ1v) is 7.30. The summed E-state index contributed by atoms with van der Waals surface area (Å²) >= 11 is 1.84. The van der Waals surface area contributed by atoms with Gasteiger partial charge in [-0.3, -0.25) is 0 Å². The van der Waals surface area contributed by atoms with Crippen molar-refractivity contribution in [2.45, 2.75) is 39.2 Å². The van der Waals surface area contributed by atoms with Gasteiger partial charge in [0.05, 0.1) is 11.6 Å². The lowest BCUT2D eigenvalue weighted by Gasteiger charge is -2.19. The molecule has 1 aromatic heterocycles. The van der Waals surface area contributed by atoms with E-state index >= 15 is 0 Å². The van der Waals surface area contributed by atoms with Crippen molar-refractivity contribution < 1.29 is 4.74 Å². The van der Waals surface area contributed by atoms with Crippen molar-refractivity contribution in [1.29, 1.82) is 0 Å². The number of hydrogen-bond donors (Lipinski definition) is 1. The third kappa shape index (κ3) is 4.05. The Labute approximate surface area is 108 Å². The Balaban J connectivity index is 1.82. The summed E-state index contributed by atoms with van der Waals surface area (Å²) in [6, 6.07) is 0. The molecule has 3 nitrogen and oxygen atoms in total. The third-order valence-electron chi connectivity index (χ3n) is 2.93. The minimum Gasteiger partial charge on any atom is -0.381 e. The highest BCUT2D eigenvalue weighted by atomic mass is 32.1. The van der Waals surface area contributed by atoms with Crippen LogP contribution in [0.1, 0.15) is 42.5 Å². The molecule has 96 valence electrons. The molecule has 17 heavy (non-hydrogen) atoms. The van der Waals surface area contributed by atoms with Gasteiger partial charge in [0.2, 0.25) is 0 Å². The molecule has 4 heteroatoms. The summed E-state index contributed by atoms with van der Waals surface area (Å²) in [7, 11) is 0. The highest BCUT2D eigenvalue weighted by Gasteiger charge is 2.19. The molecule has 1 saturated heterocycles. The van der Waals surface area contributed by atoms with Gasteiger partial charge in [-0.15, -0.1) is 11.3 Å². The molecule has 1 aliphatic rings. The van der Waals surface area contributed by atoms with E-state index in [1.807, 2.05) is 17.5 Å². The molecule has 1 aromatic rings. The Hall–Kier alpha value is -0.450. The summed E-state index contributed by atoms with van der Waals surface area (Å²) in [6.45, 7) is 8.25. The Bertz CT molecular complexity index is 332. The van der Waals surface area contributed by atoms with Crippen molar-refractivity contribution in [3.05, 3.63) is 16.1 Å². The summed E-state index contributed by atoms with van der Waals surface area (Å²) < 4.78 is 5.51. The van der Waals surface area contributed by atoms with E-state index in [0.717, 1.165) is 26.3 Å². The second-order valence-corrected chi connectivity index (χ2v) is 6.25. The minimum absolute atomic E-state index is 0.535. The molecule has 1 fully saturated rings. The molecule has 1 aliphatic heterocycles. The normalized spacial score (nSPS) is 21.0. The zero-order valence-corrected chi connectivity index (χ0v) is 11.6. The highest BCUT2D eigenvalue weighted by Crippen LogP contribution is 2.28. The molecular weight excluding hydrogens is 232 g/mol. The third-order valence-corrected chi connectivity index (χ3v) is 4.09. The highest BCUT2D eigenvalue weighted by molar-refractivity contribution is 7.11. The zero-order valence-electron chi connectivity index (χ0n) is 10.7. The van der Waals surface area contributed by atoms with Crippen LogP contribution in [0.3, 0.4) is 0 Å². The topological polar surface area (TPSA) is 34.2 Å². The van der Waals surface area contributed by atoms with Gasteiger partial charge >= 0.3 is 0 Å². The largest absolute Gasteiger partial charge is 0.381 e. The van der Waals surface area contributed by atoms with Gasteiger partial charge in [0.15, 0.2) is 0 Å². The van der Waals surface area contributed by atoms with Crippen molar-refractivity contribution in [3.63, 3.8) is 0 Å². The van der Waals surface area contributed by atoms with Crippen LogP contribution in [-0.4, -0.2) is 24.7 Å². The van der Waals surface area contributed by atoms with E-state index in [4.69, 9.17) is 4.74 Å². The zero-order chi connectivity index (χ0) is 12.1. The van der Waals surface area contributed by atoms with Crippen LogP contribution in [0.5, 0.6) is 0 Å². The van der Waals surface area contributed by atoms with Crippen LogP contribution >= 0.6 is 11.3 Å². The number of nitrogens with one attached hydrogen (secondary N) is 1. The van der Waals surface area contributed by atoms with Crippen molar-refractivity contribution in [2.24, 2.45) is 5.92 Å². The molecule has 0 bridgehead atoms. The van der Waals surface area contributed by atoms with Gasteiger partial charge in [0.1, 0.15) is 0 Å². The van der Waals surface area contributed by atoms with E-state index < -0.39 is 0 Å². The van der Waals surface area contributed by atoms with Crippen molar-refractivity contribution >= 4 is 11.3 Å². The molecule has 1 N–H and O–H groups in total. The number of ether oxygens (including phenoxy) is 1. The van der Waals surface area contributed by atoms with Crippen LogP contribution in [0.15, 0.2) is 6.20 Å². The average molecular weight is 254 g/mol. The van der Waals surface area contributed by atoms with Gasteiger partial charge in [-0.2, -0.15) is 0 Å². The lowest BCUT2D eigenvalue weighted by atomic mass is 10.0. The predicted molar refractivity (Wildman–Crippen MR) is 71.5 cm³/mol. The average Bonchev–Trinajstić information content (AvgIpc) is 2.78. The molecule has 1 atom stereocenters. The van der Waals surface area contributed by atoms with Crippen molar-refractivity contribution in [1.82, 2.24) is 10.3 Å². The lowest BCUT2D eigenvalue weighted by molar-refractivity contribution is 0.0804. The molecule has 2 heterocycles. The Kier molecular flexibility index (Phi) is 4.95. The van der Waals surface area contributed by atoms with Gasteiger partial charge in [-0.05, 0) is 25.3 Å². The Morgan fingerprint density at radius 2 is 2.47 bits per heavy atom. The lowest BCUT2D eigenvalue weighted by Crippen LogP contribution is -2.18. The number of aromatic nitrogens is 1. The van der Waals surface area contributed by atoms with Gasteiger partial charge < -0.3 is 10.1 Å². The summed E-state index contributed by atoms with van der Waals surface area (Å²) in [5, 5.41) is 4.71. The summed E-state index contributed by atoms with van der Waals surface area (Å²) in [5.74, 6) is 1.24. The molecular formula is C13H22N2OS. The van der Waals surface area contributed by atoms with Crippen LogP contribution in [0.2, 0.25) is 0 Å². The standard InChI is InChI=1S/C13H22N2OS/c1-10(2)6-14-7-12-8-15-13(17-12)11-4-3-5-16-9-11/h8,10-11,14H,3-7,9H2,1-2H3. The molecule has 0 radical (unpaired) electrons. The molecule has 0 saturated carbocycles. The number of hydrogen-bond acceptors (Lipinski definition) is 4. The summed E-state index contributed by atoms with van der Waals surface area (Å²) in [6.07, 6.45) is 4.42. The fraction of sp³-hybridized carbons (Fsp3) is 0.769. The fourth-order valence-electron chi connectivity index (χ4n) is 2.01. The van der Waals surface area contributed by atoms with Crippen LogP contribution in [0.25, 0.3) is 0 Å². The van der Waals surface area contributed by atoms with Crippen LogP contribution in [-0.2, 0) is 11.3 Å². The second kappa shape index (κ2) is 6.47. The Morgan fingerprint density at radius 3 is 3.18 bits per heavy atom. The maximum absolute atomic E-state index is 5.51. The van der Waals surface area contributed by atoms with Gasteiger partial charge in [0, 0.05) is 30.1 Å². The second-order valence-electron chi connectivity index (χ2n) is 5.10. The molecule has 0 amide bonds. The molecule has 2 rings (SSSR count). The van der Waals surface area contributed by atoms with E-state index in [1.165, 1.54) is 22.7 Å². The Morgan fingerprint density at radius 1 is 1.59 bits per heavy atom. The van der Waals surface area contributed by atoms with Crippen LogP contribution in [0, 0.1) is 5.92 Å².